The van der Waals surface area contributed by atoms with Gasteiger partial charge in [-0.2, -0.15) is 0 Å². The van der Waals surface area contributed by atoms with E-state index in [1.807, 2.05) is 20.8 Å². The van der Waals surface area contributed by atoms with Crippen molar-refractivity contribution >= 4 is 11.9 Å². The maximum absolute atomic E-state index is 11.5. The maximum atomic E-state index is 11.5. The monoisotopic (exact) mass is 244 g/mol. The van der Waals surface area contributed by atoms with Crippen LogP contribution >= 0.6 is 0 Å². The lowest BCUT2D eigenvalue weighted by atomic mass is 9.99. The van der Waals surface area contributed by atoms with Gasteiger partial charge in [-0.25, -0.2) is 0 Å². The molecule has 0 radical (unpaired) electrons. The Hall–Kier alpha value is -1.06. The van der Waals surface area contributed by atoms with Gasteiger partial charge in [0.15, 0.2) is 0 Å². The van der Waals surface area contributed by atoms with Crippen molar-refractivity contribution in [3.8, 4) is 0 Å². The van der Waals surface area contributed by atoms with Gasteiger partial charge in [0.25, 0.3) is 0 Å². The van der Waals surface area contributed by atoms with Crippen LogP contribution in [0.1, 0.15) is 41.0 Å². The summed E-state index contributed by atoms with van der Waals surface area (Å²) in [6.07, 6.45) is 0.551. The van der Waals surface area contributed by atoms with Crippen molar-refractivity contribution in [1.82, 2.24) is 0 Å². The summed E-state index contributed by atoms with van der Waals surface area (Å²) < 4.78 is 10.0. The van der Waals surface area contributed by atoms with Crippen LogP contribution in [0.25, 0.3) is 0 Å². The van der Waals surface area contributed by atoms with Crippen LogP contribution in [-0.4, -0.2) is 25.2 Å². The van der Waals surface area contributed by atoms with Crippen LogP contribution in [-0.2, 0) is 19.1 Å². The summed E-state index contributed by atoms with van der Waals surface area (Å²) in [5.41, 5.74) is 0. The first kappa shape index (κ1) is 15.9. The van der Waals surface area contributed by atoms with Crippen LogP contribution in [0.5, 0.6) is 0 Å². The summed E-state index contributed by atoms with van der Waals surface area (Å²) in [7, 11) is 0. The Bertz CT molecular complexity index is 246. The lowest BCUT2D eigenvalue weighted by Crippen LogP contribution is -2.21. The molecule has 0 saturated carbocycles. The van der Waals surface area contributed by atoms with Gasteiger partial charge in [-0.3, -0.25) is 9.59 Å². The van der Waals surface area contributed by atoms with E-state index in [9.17, 15) is 9.59 Å². The SMILES string of the molecule is CC(C)C(=O)OCCCOC(=O)[C@@H](C)C(C)C. The van der Waals surface area contributed by atoms with Crippen molar-refractivity contribution in [1.29, 1.82) is 0 Å². The quantitative estimate of drug-likeness (QED) is 0.510. The molecular formula is C13H24O4. The predicted octanol–water partition coefficient (Wildman–Crippen LogP) is 2.41. The van der Waals surface area contributed by atoms with Gasteiger partial charge in [-0.15, -0.1) is 0 Å². The highest BCUT2D eigenvalue weighted by Crippen LogP contribution is 2.11. The first-order chi connectivity index (χ1) is 7.86. The Kier molecular flexibility index (Phi) is 7.59. The van der Waals surface area contributed by atoms with Crippen LogP contribution in [0.15, 0.2) is 0 Å². The largest absolute Gasteiger partial charge is 0.465 e. The molecule has 0 aromatic carbocycles. The molecule has 17 heavy (non-hydrogen) atoms. The Morgan fingerprint density at radius 1 is 0.882 bits per heavy atom. The Morgan fingerprint density at radius 2 is 1.35 bits per heavy atom. The highest BCUT2D eigenvalue weighted by molar-refractivity contribution is 5.72. The summed E-state index contributed by atoms with van der Waals surface area (Å²) >= 11 is 0. The normalized spacial score (nSPS) is 12.6. The van der Waals surface area contributed by atoms with E-state index in [2.05, 4.69) is 0 Å². The second kappa shape index (κ2) is 8.09. The van der Waals surface area contributed by atoms with Crippen LogP contribution in [0.2, 0.25) is 0 Å². The standard InChI is InChI=1S/C13H24O4/c1-9(2)11(5)13(15)17-8-6-7-16-12(14)10(3)4/h9-11H,6-8H2,1-5H3/t11-/m0/s1. The average molecular weight is 244 g/mol. The summed E-state index contributed by atoms with van der Waals surface area (Å²) in [5.74, 6) is -0.324. The van der Waals surface area contributed by atoms with E-state index < -0.39 is 0 Å². The lowest BCUT2D eigenvalue weighted by molar-refractivity contribution is -0.151. The Morgan fingerprint density at radius 3 is 1.76 bits per heavy atom. The van der Waals surface area contributed by atoms with Gasteiger partial charge in [0, 0.05) is 6.42 Å². The lowest BCUT2D eigenvalue weighted by Gasteiger charge is -2.14. The zero-order chi connectivity index (χ0) is 13.4. The molecule has 0 saturated heterocycles. The highest BCUT2D eigenvalue weighted by Gasteiger charge is 2.17. The highest BCUT2D eigenvalue weighted by atomic mass is 16.5. The molecule has 0 unspecified atom stereocenters. The van der Waals surface area contributed by atoms with Gasteiger partial charge in [-0.1, -0.05) is 34.6 Å². The molecule has 0 aromatic heterocycles. The number of carbonyl (C=O) groups is 2. The summed E-state index contributed by atoms with van der Waals surface area (Å²) in [5, 5.41) is 0. The minimum Gasteiger partial charge on any atom is -0.465 e. The Balaban J connectivity index is 3.59. The van der Waals surface area contributed by atoms with Gasteiger partial charge >= 0.3 is 11.9 Å². The van der Waals surface area contributed by atoms with Crippen molar-refractivity contribution in [2.24, 2.45) is 17.8 Å². The molecule has 0 amide bonds. The topological polar surface area (TPSA) is 52.6 Å². The molecule has 0 bridgehead atoms. The minimum atomic E-state index is -0.216. The third-order valence-electron chi connectivity index (χ3n) is 2.62. The van der Waals surface area contributed by atoms with Gasteiger partial charge < -0.3 is 9.47 Å². The van der Waals surface area contributed by atoms with E-state index in [0.29, 0.717) is 19.6 Å². The number of esters is 2. The maximum Gasteiger partial charge on any atom is 0.308 e. The number of hydrogen-bond acceptors (Lipinski definition) is 4. The van der Waals surface area contributed by atoms with E-state index in [0.717, 1.165) is 0 Å². The van der Waals surface area contributed by atoms with Crippen molar-refractivity contribution in [2.45, 2.75) is 41.0 Å². The Labute approximate surface area is 104 Å². The second-order valence-electron chi connectivity index (χ2n) is 4.88. The minimum absolute atomic E-state index is 0.0896. The summed E-state index contributed by atoms with van der Waals surface area (Å²) in [6.45, 7) is 10.00. The smallest absolute Gasteiger partial charge is 0.308 e. The number of hydrogen-bond donors (Lipinski definition) is 0. The van der Waals surface area contributed by atoms with E-state index in [-0.39, 0.29) is 29.7 Å². The average Bonchev–Trinajstić information content (AvgIpc) is 2.26. The van der Waals surface area contributed by atoms with Gasteiger partial charge in [-0.05, 0) is 5.92 Å². The molecule has 0 rings (SSSR count). The van der Waals surface area contributed by atoms with Crippen molar-refractivity contribution in [3.05, 3.63) is 0 Å². The molecule has 4 nitrogen and oxygen atoms in total. The third-order valence-corrected chi connectivity index (χ3v) is 2.62. The van der Waals surface area contributed by atoms with E-state index in [4.69, 9.17) is 9.47 Å². The number of carbonyl (C=O) groups excluding carboxylic acids is 2. The van der Waals surface area contributed by atoms with E-state index >= 15 is 0 Å². The molecule has 0 N–H and O–H groups in total. The molecule has 1 atom stereocenters. The summed E-state index contributed by atoms with van der Waals surface area (Å²) in [4.78, 5) is 22.6. The fourth-order valence-corrected chi connectivity index (χ4v) is 0.975. The third kappa shape index (κ3) is 6.97. The van der Waals surface area contributed by atoms with Crippen molar-refractivity contribution < 1.29 is 19.1 Å². The molecular weight excluding hydrogens is 220 g/mol. The second-order valence-corrected chi connectivity index (χ2v) is 4.88. The molecule has 0 aliphatic heterocycles. The summed E-state index contributed by atoms with van der Waals surface area (Å²) in [6, 6.07) is 0. The van der Waals surface area contributed by atoms with Crippen LogP contribution < -0.4 is 0 Å². The fraction of sp³-hybridized carbons (Fsp3) is 0.846. The first-order valence-electron chi connectivity index (χ1n) is 6.19. The van der Waals surface area contributed by atoms with Crippen molar-refractivity contribution in [3.63, 3.8) is 0 Å². The molecule has 4 heteroatoms. The predicted molar refractivity (Wildman–Crippen MR) is 65.4 cm³/mol. The van der Waals surface area contributed by atoms with E-state index in [1.54, 1.807) is 13.8 Å². The van der Waals surface area contributed by atoms with Gasteiger partial charge in [0.2, 0.25) is 0 Å². The van der Waals surface area contributed by atoms with Crippen LogP contribution in [0, 0.1) is 17.8 Å². The molecule has 100 valence electrons. The number of rotatable bonds is 7. The molecule has 0 aromatic rings. The van der Waals surface area contributed by atoms with Gasteiger partial charge in [0.05, 0.1) is 25.0 Å². The fourth-order valence-electron chi connectivity index (χ4n) is 0.975. The van der Waals surface area contributed by atoms with E-state index in [1.165, 1.54) is 0 Å². The molecule has 0 heterocycles. The first-order valence-corrected chi connectivity index (χ1v) is 6.19. The zero-order valence-electron chi connectivity index (χ0n) is 11.5. The number of ether oxygens (including phenoxy) is 2. The van der Waals surface area contributed by atoms with Crippen molar-refractivity contribution in [2.75, 3.05) is 13.2 Å². The zero-order valence-corrected chi connectivity index (χ0v) is 11.5. The van der Waals surface area contributed by atoms with Crippen LogP contribution in [0.3, 0.4) is 0 Å². The van der Waals surface area contributed by atoms with Crippen LogP contribution in [0.4, 0.5) is 0 Å². The molecule has 0 spiro atoms. The molecule has 0 aliphatic carbocycles. The molecule has 0 fully saturated rings. The molecule has 0 aliphatic rings. The van der Waals surface area contributed by atoms with Gasteiger partial charge in [0.1, 0.15) is 0 Å².